The van der Waals surface area contributed by atoms with Gasteiger partial charge in [0.2, 0.25) is 17.7 Å². The molecule has 0 unspecified atom stereocenters. The number of Topliss-reactive ketones (excluding diaryl/α,β-unsaturated/α-hetero) is 1. The summed E-state index contributed by atoms with van der Waals surface area (Å²) < 4.78 is 12.1. The molecule has 12 heteroatoms. The minimum Gasteiger partial charge on any atom is -0.379 e. The Labute approximate surface area is 333 Å². The molecule has 11 nitrogen and oxygen atoms in total. The Bertz CT molecular complexity index is 1520. The molecule has 8 atom stereocenters. The van der Waals surface area contributed by atoms with E-state index < -0.39 is 35.6 Å². The zero-order chi connectivity index (χ0) is 40.3. The molecule has 1 aromatic carbocycles. The number of hydrogen-bond donors (Lipinski definition) is 2. The van der Waals surface area contributed by atoms with Crippen LogP contribution >= 0.6 is 11.3 Å². The molecular weight excluding hydrogens is 715 g/mol. The van der Waals surface area contributed by atoms with Gasteiger partial charge in [0.25, 0.3) is 0 Å². The minimum atomic E-state index is -0.864. The summed E-state index contributed by atoms with van der Waals surface area (Å²) in [5.74, 6) is -1.54. The first-order valence-corrected chi connectivity index (χ1v) is 21.3. The SMILES string of the molecule is CC[C@H](C)[C@@H]([C@@H](CC(=O)N1CCC[C@H]1[C@H](OC)[C@@H](C)C(=O)N[C@@H](Cc1ccccc1)c1nccs1)OC)N(C)C(=O)[C@@H](CC(=O)C1(N)CCCCC1)C(C)C. The normalized spacial score (nSPS) is 20.9. The largest absolute Gasteiger partial charge is 0.379 e. The standard InChI is InChI=1S/C43H67N5O6S/c1-9-29(4)38(47(6)42(52)32(28(2)3)26-36(49)43(44)20-14-11-15-21-43)35(53-7)27-37(50)48-23-16-19-34(48)39(54-8)30(5)40(51)46-33(41-45-22-24-55-41)25-31-17-12-10-13-18-31/h10,12-13,17-18,22,24,28-30,32-35,38-39H,9,11,14-16,19-21,23,25-27,44H2,1-8H3,(H,46,51)/t29-,30+,32-,33-,34-,35+,38-,39+/m0/s1. The Kier molecular flexibility index (Phi) is 16.9. The number of hydrogen-bond acceptors (Lipinski definition) is 9. The summed E-state index contributed by atoms with van der Waals surface area (Å²) >= 11 is 1.51. The van der Waals surface area contributed by atoms with E-state index in [1.54, 1.807) is 32.4 Å². The quantitative estimate of drug-likeness (QED) is 0.158. The first-order valence-electron chi connectivity index (χ1n) is 20.4. The minimum absolute atomic E-state index is 0.0147. The fraction of sp³-hybridized carbons (Fsp3) is 0.698. The van der Waals surface area contributed by atoms with Crippen LogP contribution in [0.1, 0.15) is 115 Å². The van der Waals surface area contributed by atoms with Crippen molar-refractivity contribution in [1.82, 2.24) is 20.1 Å². The summed E-state index contributed by atoms with van der Waals surface area (Å²) in [5.41, 5.74) is 6.85. The molecule has 2 heterocycles. The van der Waals surface area contributed by atoms with Crippen molar-refractivity contribution in [1.29, 1.82) is 0 Å². The highest BCUT2D eigenvalue weighted by Gasteiger charge is 2.44. The van der Waals surface area contributed by atoms with E-state index in [9.17, 15) is 19.2 Å². The number of benzene rings is 1. The van der Waals surface area contributed by atoms with Crippen molar-refractivity contribution in [3.8, 4) is 0 Å². The monoisotopic (exact) mass is 781 g/mol. The summed E-state index contributed by atoms with van der Waals surface area (Å²) in [6.45, 7) is 10.5. The second-order valence-electron chi connectivity index (χ2n) is 16.4. The highest BCUT2D eigenvalue weighted by molar-refractivity contribution is 7.09. The molecule has 2 aliphatic rings. The average Bonchev–Trinajstić information content (AvgIpc) is 3.90. The molecule has 55 heavy (non-hydrogen) atoms. The van der Waals surface area contributed by atoms with Gasteiger partial charge in [-0.1, -0.05) is 90.6 Å². The predicted octanol–water partition coefficient (Wildman–Crippen LogP) is 6.36. The van der Waals surface area contributed by atoms with E-state index >= 15 is 0 Å². The van der Waals surface area contributed by atoms with Crippen LogP contribution < -0.4 is 11.1 Å². The number of likely N-dealkylation sites (N-methyl/N-ethyl adjacent to an activating group) is 1. The molecule has 1 saturated heterocycles. The van der Waals surface area contributed by atoms with Gasteiger partial charge in [-0.15, -0.1) is 11.3 Å². The number of nitrogens with one attached hydrogen (secondary N) is 1. The van der Waals surface area contributed by atoms with Crippen molar-refractivity contribution in [3.63, 3.8) is 0 Å². The molecule has 1 aliphatic heterocycles. The fourth-order valence-electron chi connectivity index (χ4n) is 8.80. The first-order chi connectivity index (χ1) is 26.3. The average molecular weight is 782 g/mol. The molecule has 1 aromatic heterocycles. The topological polar surface area (TPSA) is 144 Å². The summed E-state index contributed by atoms with van der Waals surface area (Å²) in [6, 6.07) is 9.03. The molecule has 3 N–H and O–H groups in total. The van der Waals surface area contributed by atoms with Crippen LogP contribution in [0.3, 0.4) is 0 Å². The van der Waals surface area contributed by atoms with Gasteiger partial charge in [0.15, 0.2) is 5.78 Å². The van der Waals surface area contributed by atoms with E-state index in [1.807, 2.05) is 61.4 Å². The molecule has 2 fully saturated rings. The number of carbonyl (C=O) groups is 4. The van der Waals surface area contributed by atoms with Crippen molar-refractivity contribution >= 4 is 34.8 Å². The number of amides is 3. The number of ether oxygens (including phenoxy) is 2. The van der Waals surface area contributed by atoms with E-state index in [1.165, 1.54) is 11.3 Å². The van der Waals surface area contributed by atoms with Crippen LogP contribution in [0.2, 0.25) is 0 Å². The molecule has 1 saturated carbocycles. The van der Waals surface area contributed by atoms with Crippen LogP contribution in [0.5, 0.6) is 0 Å². The van der Waals surface area contributed by atoms with Gasteiger partial charge in [-0.3, -0.25) is 19.2 Å². The molecule has 0 bridgehead atoms. The zero-order valence-corrected chi connectivity index (χ0v) is 35.3. The fourth-order valence-corrected chi connectivity index (χ4v) is 9.49. The van der Waals surface area contributed by atoms with Gasteiger partial charge in [0.1, 0.15) is 5.01 Å². The molecule has 3 amide bonds. The number of methoxy groups -OCH3 is 2. The zero-order valence-electron chi connectivity index (χ0n) is 34.5. The molecule has 2 aromatic rings. The van der Waals surface area contributed by atoms with Crippen LogP contribution in [0.25, 0.3) is 0 Å². The van der Waals surface area contributed by atoms with Gasteiger partial charge in [-0.2, -0.15) is 0 Å². The molecule has 1 aliphatic carbocycles. The van der Waals surface area contributed by atoms with E-state index in [0.29, 0.717) is 32.2 Å². The van der Waals surface area contributed by atoms with Gasteiger partial charge in [0, 0.05) is 51.7 Å². The summed E-state index contributed by atoms with van der Waals surface area (Å²) in [6.07, 6.45) is 7.94. The first kappa shape index (κ1) is 44.5. The van der Waals surface area contributed by atoms with Crippen LogP contribution in [0, 0.1) is 23.7 Å². The Morgan fingerprint density at radius 1 is 1.02 bits per heavy atom. The van der Waals surface area contributed by atoms with Gasteiger partial charge >= 0.3 is 0 Å². The third-order valence-corrected chi connectivity index (χ3v) is 13.3. The molecule has 4 rings (SSSR count). The van der Waals surface area contributed by atoms with Crippen molar-refractivity contribution in [2.45, 2.75) is 141 Å². The maximum atomic E-state index is 14.3. The maximum absolute atomic E-state index is 14.3. The summed E-state index contributed by atoms with van der Waals surface area (Å²) in [4.78, 5) is 64.2. The lowest BCUT2D eigenvalue weighted by Gasteiger charge is -2.41. The smallest absolute Gasteiger partial charge is 0.226 e. The number of thiazole rings is 1. The maximum Gasteiger partial charge on any atom is 0.226 e. The summed E-state index contributed by atoms with van der Waals surface area (Å²) in [5, 5.41) is 5.98. The summed E-state index contributed by atoms with van der Waals surface area (Å²) in [7, 11) is 4.98. The third kappa shape index (κ3) is 11.2. The molecule has 0 radical (unpaired) electrons. The second-order valence-corrected chi connectivity index (χ2v) is 17.3. The van der Waals surface area contributed by atoms with Gasteiger partial charge < -0.3 is 30.3 Å². The number of carbonyl (C=O) groups excluding carboxylic acids is 4. The van der Waals surface area contributed by atoms with Crippen LogP contribution in [0.15, 0.2) is 41.9 Å². The van der Waals surface area contributed by atoms with Gasteiger partial charge in [-0.05, 0) is 49.5 Å². The number of aromatic nitrogens is 1. The van der Waals surface area contributed by atoms with Crippen molar-refractivity contribution in [2.75, 3.05) is 27.8 Å². The third-order valence-electron chi connectivity index (χ3n) is 12.4. The van der Waals surface area contributed by atoms with E-state index in [2.05, 4.69) is 24.1 Å². The lowest BCUT2D eigenvalue weighted by atomic mass is 9.75. The Balaban J connectivity index is 1.47. The number of ketones is 1. The van der Waals surface area contributed by atoms with Crippen LogP contribution in [0.4, 0.5) is 0 Å². The van der Waals surface area contributed by atoms with Gasteiger partial charge in [0.05, 0.1) is 48.2 Å². The van der Waals surface area contributed by atoms with Crippen LogP contribution in [-0.2, 0) is 35.1 Å². The second kappa shape index (κ2) is 20.8. The number of rotatable bonds is 20. The predicted molar refractivity (Wildman–Crippen MR) is 217 cm³/mol. The Morgan fingerprint density at radius 3 is 2.29 bits per heavy atom. The number of nitrogens with zero attached hydrogens (tertiary/aromatic N) is 3. The van der Waals surface area contributed by atoms with Crippen molar-refractivity contribution < 1.29 is 28.7 Å². The van der Waals surface area contributed by atoms with Crippen molar-refractivity contribution in [2.24, 2.45) is 29.4 Å². The van der Waals surface area contributed by atoms with E-state index in [-0.39, 0.29) is 60.3 Å². The Morgan fingerprint density at radius 2 is 1.71 bits per heavy atom. The highest BCUT2D eigenvalue weighted by atomic mass is 32.1. The molecule has 306 valence electrons. The number of nitrogens with two attached hydrogens (primary N) is 1. The highest BCUT2D eigenvalue weighted by Crippen LogP contribution is 2.33. The van der Waals surface area contributed by atoms with Gasteiger partial charge in [-0.25, -0.2) is 4.98 Å². The van der Waals surface area contributed by atoms with Crippen LogP contribution in [-0.4, -0.2) is 95.9 Å². The molecular formula is C43H67N5O6S. The van der Waals surface area contributed by atoms with E-state index in [4.69, 9.17) is 15.2 Å². The molecule has 0 spiro atoms. The van der Waals surface area contributed by atoms with E-state index in [0.717, 1.165) is 42.7 Å². The van der Waals surface area contributed by atoms with Crippen molar-refractivity contribution in [3.05, 3.63) is 52.5 Å². The lowest BCUT2D eigenvalue weighted by Crippen LogP contribution is -2.55. The lowest BCUT2D eigenvalue weighted by molar-refractivity contribution is -0.149. The Hall–Kier alpha value is -3.19. The number of likely N-dealkylation sites (tertiary alicyclic amines) is 1.